The maximum absolute atomic E-state index is 6.19. The molecule has 90 valence electrons. The second kappa shape index (κ2) is 5.95. The van der Waals surface area contributed by atoms with Gasteiger partial charge in [-0.25, -0.2) is 0 Å². The molecule has 1 N–H and O–H groups in total. The van der Waals surface area contributed by atoms with E-state index in [1.54, 1.807) is 0 Å². The molecule has 1 aromatic carbocycles. The van der Waals surface area contributed by atoms with E-state index in [4.69, 9.17) is 22.8 Å². The molecule has 1 fully saturated rings. The van der Waals surface area contributed by atoms with Crippen LogP contribution in [0.5, 0.6) is 5.75 Å². The van der Waals surface area contributed by atoms with Crippen molar-refractivity contribution in [2.45, 2.75) is 31.8 Å². The molecule has 0 unspecified atom stereocenters. The summed E-state index contributed by atoms with van der Waals surface area (Å²) in [5.74, 6) is 3.39. The Morgan fingerprint density at radius 2 is 2.29 bits per heavy atom. The van der Waals surface area contributed by atoms with Crippen molar-refractivity contribution < 1.29 is 4.74 Å². The molecule has 0 amide bonds. The molecule has 1 aliphatic rings. The molecule has 0 atom stereocenters. The molecule has 17 heavy (non-hydrogen) atoms. The Kier molecular flexibility index (Phi) is 4.30. The van der Waals surface area contributed by atoms with Crippen molar-refractivity contribution in [2.24, 2.45) is 0 Å². The summed E-state index contributed by atoms with van der Waals surface area (Å²) in [4.78, 5) is 0. The fourth-order valence-electron chi connectivity index (χ4n) is 1.60. The number of hydrogen-bond acceptors (Lipinski definition) is 2. The first-order valence-corrected chi connectivity index (χ1v) is 6.26. The van der Waals surface area contributed by atoms with Gasteiger partial charge in [-0.1, -0.05) is 17.7 Å². The van der Waals surface area contributed by atoms with Crippen molar-refractivity contribution in [1.29, 1.82) is 0 Å². The maximum atomic E-state index is 6.19. The van der Waals surface area contributed by atoms with Gasteiger partial charge in [-0.15, -0.1) is 12.3 Å². The average molecular weight is 250 g/mol. The third-order valence-corrected chi connectivity index (χ3v) is 3.08. The van der Waals surface area contributed by atoms with Gasteiger partial charge in [-0.05, 0) is 25.0 Å². The normalized spacial score (nSPS) is 14.4. The molecule has 0 bridgehead atoms. The van der Waals surface area contributed by atoms with Crippen LogP contribution in [-0.4, -0.2) is 12.6 Å². The molecule has 0 radical (unpaired) electrons. The first-order valence-electron chi connectivity index (χ1n) is 5.88. The maximum Gasteiger partial charge on any atom is 0.125 e. The number of rotatable bonds is 6. The summed E-state index contributed by atoms with van der Waals surface area (Å²) in [6, 6.07) is 6.38. The van der Waals surface area contributed by atoms with E-state index in [0.717, 1.165) is 22.9 Å². The van der Waals surface area contributed by atoms with Crippen LogP contribution in [0.4, 0.5) is 0 Å². The smallest absolute Gasteiger partial charge is 0.125 e. The minimum absolute atomic E-state index is 0.535. The molecule has 0 aromatic heterocycles. The fourth-order valence-corrected chi connectivity index (χ4v) is 1.83. The Labute approximate surface area is 107 Å². The number of halogens is 1. The standard InChI is InChI=1S/C14H16ClNO/c1-2-3-9-17-14-6-4-5-13(15)12(14)10-16-11-7-8-11/h1,4-6,11,16H,3,7-10H2. The van der Waals surface area contributed by atoms with Gasteiger partial charge in [0.1, 0.15) is 5.75 Å². The second-order valence-corrected chi connectivity index (χ2v) is 4.58. The Hall–Kier alpha value is -1.17. The molecule has 2 rings (SSSR count). The van der Waals surface area contributed by atoms with E-state index >= 15 is 0 Å². The van der Waals surface area contributed by atoms with Crippen molar-refractivity contribution in [1.82, 2.24) is 5.32 Å². The number of ether oxygens (including phenoxy) is 1. The van der Waals surface area contributed by atoms with Gasteiger partial charge in [0, 0.05) is 29.6 Å². The van der Waals surface area contributed by atoms with Crippen LogP contribution < -0.4 is 10.1 Å². The predicted molar refractivity (Wildman–Crippen MR) is 70.3 cm³/mol. The Morgan fingerprint density at radius 1 is 1.47 bits per heavy atom. The minimum atomic E-state index is 0.535. The van der Waals surface area contributed by atoms with Crippen LogP contribution in [0.25, 0.3) is 0 Å². The van der Waals surface area contributed by atoms with E-state index < -0.39 is 0 Å². The van der Waals surface area contributed by atoms with Crippen LogP contribution in [0, 0.1) is 12.3 Å². The summed E-state index contributed by atoms with van der Waals surface area (Å²) in [6.07, 6.45) is 8.34. The highest BCUT2D eigenvalue weighted by Gasteiger charge is 2.21. The molecule has 3 heteroatoms. The van der Waals surface area contributed by atoms with Crippen LogP contribution in [-0.2, 0) is 6.54 Å². The van der Waals surface area contributed by atoms with E-state index in [2.05, 4.69) is 11.2 Å². The van der Waals surface area contributed by atoms with Crippen LogP contribution in [0.2, 0.25) is 5.02 Å². The van der Waals surface area contributed by atoms with Crippen molar-refractivity contribution >= 4 is 11.6 Å². The van der Waals surface area contributed by atoms with Gasteiger partial charge in [0.2, 0.25) is 0 Å². The zero-order chi connectivity index (χ0) is 12.1. The molecule has 0 heterocycles. The Balaban J connectivity index is 2.01. The third-order valence-electron chi connectivity index (χ3n) is 2.72. The summed E-state index contributed by atoms with van der Waals surface area (Å²) >= 11 is 6.19. The Bertz CT molecular complexity index is 421. The molecule has 1 aliphatic carbocycles. The van der Waals surface area contributed by atoms with Crippen molar-refractivity contribution in [3.63, 3.8) is 0 Å². The number of hydrogen-bond donors (Lipinski definition) is 1. The van der Waals surface area contributed by atoms with Gasteiger partial charge in [-0.2, -0.15) is 0 Å². The second-order valence-electron chi connectivity index (χ2n) is 4.17. The lowest BCUT2D eigenvalue weighted by Gasteiger charge is -2.12. The summed E-state index contributed by atoms with van der Waals surface area (Å²) in [6.45, 7) is 1.29. The first kappa shape index (κ1) is 12.3. The quantitative estimate of drug-likeness (QED) is 0.618. The van der Waals surface area contributed by atoms with E-state index in [-0.39, 0.29) is 0 Å². The first-order chi connectivity index (χ1) is 8.31. The number of nitrogens with one attached hydrogen (secondary N) is 1. The highest BCUT2D eigenvalue weighted by molar-refractivity contribution is 6.31. The lowest BCUT2D eigenvalue weighted by Crippen LogP contribution is -2.16. The number of benzene rings is 1. The predicted octanol–water partition coefficient (Wildman–Crippen LogP) is 2.99. The van der Waals surface area contributed by atoms with Crippen LogP contribution in [0.3, 0.4) is 0 Å². The lowest BCUT2D eigenvalue weighted by molar-refractivity contribution is 0.323. The van der Waals surface area contributed by atoms with E-state index in [1.165, 1.54) is 12.8 Å². The van der Waals surface area contributed by atoms with Gasteiger partial charge in [0.05, 0.1) is 6.61 Å². The zero-order valence-electron chi connectivity index (χ0n) is 9.71. The third kappa shape index (κ3) is 3.66. The van der Waals surface area contributed by atoms with Gasteiger partial charge < -0.3 is 10.1 Å². The Morgan fingerprint density at radius 3 is 3.00 bits per heavy atom. The SMILES string of the molecule is C#CCCOc1cccc(Cl)c1CNC1CC1. The molecule has 2 nitrogen and oxygen atoms in total. The molecule has 1 aromatic rings. The molecule has 1 saturated carbocycles. The van der Waals surface area contributed by atoms with Gasteiger partial charge in [-0.3, -0.25) is 0 Å². The van der Waals surface area contributed by atoms with Crippen LogP contribution >= 0.6 is 11.6 Å². The minimum Gasteiger partial charge on any atom is -0.492 e. The van der Waals surface area contributed by atoms with Crippen LogP contribution in [0.15, 0.2) is 18.2 Å². The molecule has 0 aliphatic heterocycles. The molecular weight excluding hydrogens is 234 g/mol. The monoisotopic (exact) mass is 249 g/mol. The van der Waals surface area contributed by atoms with E-state index in [9.17, 15) is 0 Å². The van der Waals surface area contributed by atoms with Gasteiger partial charge >= 0.3 is 0 Å². The average Bonchev–Trinajstić information content (AvgIpc) is 3.12. The largest absolute Gasteiger partial charge is 0.492 e. The molecule has 0 spiro atoms. The highest BCUT2D eigenvalue weighted by atomic mass is 35.5. The van der Waals surface area contributed by atoms with Gasteiger partial charge in [0.15, 0.2) is 0 Å². The number of terminal acetylenes is 1. The van der Waals surface area contributed by atoms with Crippen molar-refractivity contribution in [3.8, 4) is 18.1 Å². The molecule has 0 saturated heterocycles. The summed E-state index contributed by atoms with van der Waals surface area (Å²) in [5.41, 5.74) is 1.03. The fraction of sp³-hybridized carbons (Fsp3) is 0.429. The zero-order valence-corrected chi connectivity index (χ0v) is 10.5. The highest BCUT2D eigenvalue weighted by Crippen LogP contribution is 2.28. The van der Waals surface area contributed by atoms with E-state index in [1.807, 2.05) is 18.2 Å². The van der Waals surface area contributed by atoms with E-state index in [0.29, 0.717) is 19.1 Å². The van der Waals surface area contributed by atoms with Crippen molar-refractivity contribution in [3.05, 3.63) is 28.8 Å². The topological polar surface area (TPSA) is 21.3 Å². The summed E-state index contributed by atoms with van der Waals surface area (Å²) in [7, 11) is 0. The van der Waals surface area contributed by atoms with Crippen molar-refractivity contribution in [2.75, 3.05) is 6.61 Å². The molecular formula is C14H16ClNO. The van der Waals surface area contributed by atoms with Crippen LogP contribution in [0.1, 0.15) is 24.8 Å². The summed E-state index contributed by atoms with van der Waals surface area (Å²) in [5, 5.41) is 4.19. The lowest BCUT2D eigenvalue weighted by atomic mass is 10.2. The van der Waals surface area contributed by atoms with Gasteiger partial charge in [0.25, 0.3) is 0 Å². The summed E-state index contributed by atoms with van der Waals surface area (Å²) < 4.78 is 5.64.